The summed E-state index contributed by atoms with van der Waals surface area (Å²) in [4.78, 5) is 13.0. The van der Waals surface area contributed by atoms with Crippen molar-refractivity contribution in [3.8, 4) is 0 Å². The van der Waals surface area contributed by atoms with E-state index in [0.29, 0.717) is 56.3 Å². The number of esters is 1. The average Bonchev–Trinajstić information content (AvgIpc) is 3.39. The normalized spacial score (nSPS) is 37.5. The number of halogens is 1. The van der Waals surface area contributed by atoms with Crippen molar-refractivity contribution in [2.24, 2.45) is 40.4 Å². The number of alkyl halides is 1. The van der Waals surface area contributed by atoms with Crippen molar-refractivity contribution in [2.75, 3.05) is 26.4 Å². The van der Waals surface area contributed by atoms with E-state index in [1.165, 1.54) is 51.4 Å². The quantitative estimate of drug-likeness (QED) is 0.100. The van der Waals surface area contributed by atoms with Crippen molar-refractivity contribution < 1.29 is 32.9 Å². The van der Waals surface area contributed by atoms with Crippen LogP contribution in [0.4, 0.5) is 4.39 Å². The first-order valence-corrected chi connectivity index (χ1v) is 19.1. The topological polar surface area (TPSA) is 63.2 Å². The molecule has 0 spiro atoms. The molecule has 0 amide bonds. The molecule has 4 unspecified atom stereocenters. The number of hydrogen-bond donors (Lipinski definition) is 0. The molecule has 0 aromatic heterocycles. The zero-order chi connectivity index (χ0) is 33.0. The Morgan fingerprint density at radius 2 is 1.87 bits per heavy atom. The number of fused-ring (bicyclic) bond motifs is 5. The predicted molar refractivity (Wildman–Crippen MR) is 179 cm³/mol. The second-order valence-corrected chi connectivity index (χ2v) is 16.1. The van der Waals surface area contributed by atoms with E-state index in [2.05, 4.69) is 19.9 Å². The molecule has 3 saturated carbocycles. The molecule has 5 aliphatic rings. The van der Waals surface area contributed by atoms with Gasteiger partial charge in [-0.25, -0.2) is 4.39 Å². The van der Waals surface area contributed by atoms with Gasteiger partial charge in [-0.05, 0) is 152 Å². The van der Waals surface area contributed by atoms with Crippen molar-refractivity contribution in [2.45, 2.75) is 162 Å². The van der Waals surface area contributed by atoms with Gasteiger partial charge in [0, 0.05) is 19.6 Å². The lowest BCUT2D eigenvalue weighted by atomic mass is 9.47. The molecule has 4 fully saturated rings. The van der Waals surface area contributed by atoms with Crippen molar-refractivity contribution in [3.63, 3.8) is 0 Å². The number of allylic oxidation sites excluding steroid dienone is 2. The van der Waals surface area contributed by atoms with Crippen LogP contribution in [0.3, 0.4) is 0 Å². The fraction of sp³-hybridized carbons (Fsp3) is 0.923. The first-order valence-electron chi connectivity index (χ1n) is 19.1. The van der Waals surface area contributed by atoms with E-state index in [4.69, 9.17) is 23.7 Å². The third-order valence-corrected chi connectivity index (χ3v) is 13.4. The molecule has 4 aliphatic carbocycles. The van der Waals surface area contributed by atoms with E-state index in [9.17, 15) is 4.79 Å². The lowest BCUT2D eigenvalue weighted by Crippen LogP contribution is -2.50. The molecule has 0 aromatic rings. The summed E-state index contributed by atoms with van der Waals surface area (Å²) in [5, 5.41) is 0. The molecule has 1 aliphatic heterocycles. The lowest BCUT2D eigenvalue weighted by molar-refractivity contribution is -0.256. The average molecular weight is 649 g/mol. The van der Waals surface area contributed by atoms with Gasteiger partial charge < -0.3 is 23.7 Å². The van der Waals surface area contributed by atoms with Gasteiger partial charge in [0.1, 0.15) is 11.8 Å². The molecule has 6 nitrogen and oxygen atoms in total. The van der Waals surface area contributed by atoms with E-state index in [-0.39, 0.29) is 30.2 Å². The Bertz CT molecular complexity index is 1030. The number of hydrogen-bond acceptors (Lipinski definition) is 6. The molecular formula is C39H65FO6. The van der Waals surface area contributed by atoms with E-state index in [1.807, 2.05) is 20.8 Å². The maximum Gasteiger partial charge on any atom is 0.306 e. The van der Waals surface area contributed by atoms with E-state index < -0.39 is 18.1 Å². The fourth-order valence-corrected chi connectivity index (χ4v) is 11.0. The first kappa shape index (κ1) is 36.3. The molecular weight excluding hydrogens is 583 g/mol. The Morgan fingerprint density at radius 1 is 1.04 bits per heavy atom. The summed E-state index contributed by atoms with van der Waals surface area (Å²) in [6, 6.07) is 0. The largest absolute Gasteiger partial charge is 0.466 e. The van der Waals surface area contributed by atoms with Crippen LogP contribution >= 0.6 is 0 Å². The highest BCUT2D eigenvalue weighted by atomic mass is 19.1. The lowest BCUT2D eigenvalue weighted by Gasteiger charge is -2.58. The van der Waals surface area contributed by atoms with Gasteiger partial charge in [-0.3, -0.25) is 4.79 Å². The summed E-state index contributed by atoms with van der Waals surface area (Å²) < 4.78 is 45.9. The summed E-state index contributed by atoms with van der Waals surface area (Å²) in [5.74, 6) is 2.50. The van der Waals surface area contributed by atoms with Gasteiger partial charge in [-0.2, -0.15) is 0 Å². The minimum absolute atomic E-state index is 0.0833. The van der Waals surface area contributed by atoms with Crippen molar-refractivity contribution in [1.29, 1.82) is 0 Å². The molecule has 5 rings (SSSR count). The van der Waals surface area contributed by atoms with Gasteiger partial charge in [-0.15, -0.1) is 0 Å². The monoisotopic (exact) mass is 648 g/mol. The van der Waals surface area contributed by atoms with Crippen LogP contribution in [0.25, 0.3) is 0 Å². The maximum absolute atomic E-state index is 16.6. The van der Waals surface area contributed by atoms with Crippen molar-refractivity contribution in [1.82, 2.24) is 0 Å². The van der Waals surface area contributed by atoms with Gasteiger partial charge in [0.25, 0.3) is 0 Å². The molecule has 1 saturated heterocycles. The van der Waals surface area contributed by atoms with E-state index >= 15 is 4.39 Å². The molecule has 0 N–H and O–H groups in total. The van der Waals surface area contributed by atoms with Crippen LogP contribution in [0.1, 0.15) is 138 Å². The van der Waals surface area contributed by atoms with Gasteiger partial charge in [-0.1, -0.05) is 31.9 Å². The van der Waals surface area contributed by atoms with Gasteiger partial charge >= 0.3 is 5.97 Å². The highest BCUT2D eigenvalue weighted by Crippen LogP contribution is 2.67. The smallest absolute Gasteiger partial charge is 0.306 e. The van der Waals surface area contributed by atoms with E-state index in [1.54, 1.807) is 12.5 Å². The Labute approximate surface area is 279 Å². The Morgan fingerprint density at radius 3 is 2.61 bits per heavy atom. The third-order valence-electron chi connectivity index (χ3n) is 13.4. The Kier molecular flexibility index (Phi) is 12.4. The summed E-state index contributed by atoms with van der Waals surface area (Å²) in [5.41, 5.74) is 1.10. The highest BCUT2D eigenvalue weighted by Gasteiger charge is 2.59. The second-order valence-electron chi connectivity index (χ2n) is 16.1. The van der Waals surface area contributed by atoms with Crippen LogP contribution < -0.4 is 0 Å². The maximum atomic E-state index is 16.6. The van der Waals surface area contributed by atoms with Gasteiger partial charge in [0.15, 0.2) is 12.6 Å². The zero-order valence-electron chi connectivity index (χ0n) is 30.0. The van der Waals surface area contributed by atoms with Crippen LogP contribution in [0.2, 0.25) is 0 Å². The number of ether oxygens (including phenoxy) is 5. The van der Waals surface area contributed by atoms with Gasteiger partial charge in [0.05, 0.1) is 13.2 Å². The van der Waals surface area contributed by atoms with E-state index in [0.717, 1.165) is 37.5 Å². The minimum Gasteiger partial charge on any atom is -0.466 e. The molecule has 0 radical (unpaired) electrons. The van der Waals surface area contributed by atoms with Crippen molar-refractivity contribution in [3.05, 3.63) is 11.6 Å². The first-order chi connectivity index (χ1) is 22.0. The van der Waals surface area contributed by atoms with Crippen LogP contribution in [-0.2, 0) is 28.5 Å². The highest BCUT2D eigenvalue weighted by molar-refractivity contribution is 5.69. The minimum atomic E-state index is -1.28. The molecule has 7 heteroatoms. The summed E-state index contributed by atoms with van der Waals surface area (Å²) >= 11 is 0. The Hall–Kier alpha value is -1.02. The molecule has 264 valence electrons. The van der Waals surface area contributed by atoms with Crippen LogP contribution in [-0.4, -0.2) is 56.7 Å². The number of carbonyl (C=O) groups excluding carboxylic acids is 1. The SMILES string of the molecule is CCOC(=O)C[C@H](CCC(F)C(C)(COC1CCCCO1)OC(C)OCC)[C@H]1CC[C@H]2[C@@H]3CC=C4CCCC[C@]4(C)[C@H]3CC[C@]12C. The zero-order valence-corrected chi connectivity index (χ0v) is 30.0. The predicted octanol–water partition coefficient (Wildman–Crippen LogP) is 9.34. The van der Waals surface area contributed by atoms with Crippen molar-refractivity contribution >= 4 is 5.97 Å². The molecule has 0 bridgehead atoms. The summed E-state index contributed by atoms with van der Waals surface area (Å²) in [7, 11) is 0. The number of rotatable bonds is 15. The summed E-state index contributed by atoms with van der Waals surface area (Å²) in [6.07, 6.45) is 16.1. The Balaban J connectivity index is 1.31. The molecule has 11 atom stereocenters. The van der Waals surface area contributed by atoms with Crippen LogP contribution in [0, 0.1) is 40.4 Å². The second kappa shape index (κ2) is 15.7. The fourth-order valence-electron chi connectivity index (χ4n) is 11.0. The summed E-state index contributed by atoms with van der Waals surface area (Å²) in [6.45, 7) is 14.1. The van der Waals surface area contributed by atoms with Crippen LogP contribution in [0.15, 0.2) is 11.6 Å². The van der Waals surface area contributed by atoms with Crippen LogP contribution in [0.5, 0.6) is 0 Å². The molecule has 46 heavy (non-hydrogen) atoms. The third kappa shape index (κ3) is 7.73. The standard InChI is InChI=1S/C39H65FO6/c1-7-42-27(3)46-39(6,26-45-36-14-10-12-24-44-36)34(40)20-15-28(25-35(41)43-8-2)31-18-19-32-30-17-16-29-13-9-11-22-37(29,4)33(30)21-23-38(31,32)5/h16,27-28,30-34,36H,7-15,17-26H2,1-6H3/t27?,28-,30-,31+,32-,33-,34?,36?,37-,38+,39?/m0/s1. The molecule has 0 aromatic carbocycles. The number of carbonyl (C=O) groups is 1. The van der Waals surface area contributed by atoms with Gasteiger partial charge in [0.2, 0.25) is 0 Å². The molecule has 1 heterocycles.